The number of anilines is 1. The van der Waals surface area contributed by atoms with Gasteiger partial charge < -0.3 is 10.8 Å². The van der Waals surface area contributed by atoms with Crippen LogP contribution >= 0.6 is 27.5 Å². The fourth-order valence-corrected chi connectivity index (χ4v) is 3.29. The molecule has 5 nitrogen and oxygen atoms in total. The van der Waals surface area contributed by atoms with Crippen LogP contribution in [0.2, 0.25) is 5.02 Å². The van der Waals surface area contributed by atoms with Crippen molar-refractivity contribution in [3.8, 4) is 0 Å². The van der Waals surface area contributed by atoms with E-state index in [0.29, 0.717) is 0 Å². The first-order chi connectivity index (χ1) is 9.09. The van der Waals surface area contributed by atoms with Crippen LogP contribution in [0.15, 0.2) is 15.4 Å². The lowest BCUT2D eigenvalue weighted by Gasteiger charge is -2.19. The third kappa shape index (κ3) is 3.62. The Morgan fingerprint density at radius 2 is 2.15 bits per heavy atom. The molecule has 0 aliphatic rings. The van der Waals surface area contributed by atoms with Gasteiger partial charge in [0.25, 0.3) is 0 Å². The zero-order valence-electron chi connectivity index (χ0n) is 10.9. The van der Waals surface area contributed by atoms with E-state index in [1.807, 2.05) is 0 Å². The van der Waals surface area contributed by atoms with Gasteiger partial charge in [0.2, 0.25) is 10.0 Å². The summed E-state index contributed by atoms with van der Waals surface area (Å²) < 4.78 is 39.6. The predicted molar refractivity (Wildman–Crippen MR) is 79.6 cm³/mol. The smallest absolute Gasteiger partial charge is 0.245 e. The van der Waals surface area contributed by atoms with E-state index in [0.717, 1.165) is 10.4 Å². The Balaban J connectivity index is 3.23. The molecule has 1 aromatic carbocycles. The topological polar surface area (TPSA) is 83.6 Å². The first kappa shape index (κ1) is 17.6. The van der Waals surface area contributed by atoms with Crippen molar-refractivity contribution in [3.63, 3.8) is 0 Å². The van der Waals surface area contributed by atoms with Crippen LogP contribution in [-0.4, -0.2) is 37.5 Å². The molecule has 3 N–H and O–H groups in total. The summed E-state index contributed by atoms with van der Waals surface area (Å²) >= 11 is 8.79. The Labute approximate surface area is 130 Å². The molecule has 0 spiro atoms. The number of benzene rings is 1. The molecule has 1 unspecified atom stereocenters. The lowest BCUT2D eigenvalue weighted by Crippen LogP contribution is -2.30. The Bertz CT molecular complexity index is 610. The number of nitrogens with zero attached hydrogens (tertiary/aromatic N) is 1. The van der Waals surface area contributed by atoms with E-state index in [2.05, 4.69) is 15.9 Å². The molecule has 0 aromatic heterocycles. The largest absolute Gasteiger partial charge is 0.395 e. The van der Waals surface area contributed by atoms with Crippen LogP contribution in [0.1, 0.15) is 13.3 Å². The molecule has 1 atom stereocenters. The van der Waals surface area contributed by atoms with E-state index in [1.165, 1.54) is 14.0 Å². The van der Waals surface area contributed by atoms with Crippen molar-refractivity contribution >= 4 is 43.2 Å². The molecular weight excluding hydrogens is 375 g/mol. The summed E-state index contributed by atoms with van der Waals surface area (Å²) in [7, 11) is -2.77. The molecule has 0 saturated heterocycles. The highest BCUT2D eigenvalue weighted by atomic mass is 79.9. The molecule has 0 amide bonds. The van der Waals surface area contributed by atoms with E-state index >= 15 is 0 Å². The van der Waals surface area contributed by atoms with Gasteiger partial charge in [0.05, 0.1) is 21.3 Å². The number of sulfonamides is 1. The monoisotopic (exact) mass is 388 g/mol. The second-order valence-electron chi connectivity index (χ2n) is 4.36. The molecule has 114 valence electrons. The summed E-state index contributed by atoms with van der Waals surface area (Å²) in [5.41, 5.74) is 5.11. The fraction of sp³-hybridized carbons (Fsp3) is 0.455. The first-order valence-electron chi connectivity index (χ1n) is 5.66. The average Bonchev–Trinajstić information content (AvgIpc) is 2.37. The maximum atomic E-state index is 14.0. The van der Waals surface area contributed by atoms with Gasteiger partial charge in [-0.2, -0.15) is 0 Å². The van der Waals surface area contributed by atoms with Crippen molar-refractivity contribution < 1.29 is 17.9 Å². The molecule has 9 heteroatoms. The van der Waals surface area contributed by atoms with Crippen molar-refractivity contribution in [2.24, 2.45) is 0 Å². The van der Waals surface area contributed by atoms with Crippen molar-refractivity contribution in [2.45, 2.75) is 24.3 Å². The van der Waals surface area contributed by atoms with Crippen molar-refractivity contribution in [1.29, 1.82) is 0 Å². The number of hydrogen-bond acceptors (Lipinski definition) is 4. The lowest BCUT2D eigenvalue weighted by molar-refractivity contribution is 0.177. The van der Waals surface area contributed by atoms with Crippen LogP contribution < -0.4 is 5.73 Å². The summed E-state index contributed by atoms with van der Waals surface area (Å²) in [6, 6.07) is 1.01. The molecular formula is C11H15BrClFN2O3S. The molecule has 1 rings (SSSR count). The minimum Gasteiger partial charge on any atom is -0.395 e. The number of nitrogens with two attached hydrogens (primary N) is 1. The van der Waals surface area contributed by atoms with Crippen LogP contribution in [0.5, 0.6) is 0 Å². The van der Waals surface area contributed by atoms with Crippen LogP contribution in [0.3, 0.4) is 0 Å². The predicted octanol–water partition coefficient (Wildman–Crippen LogP) is 2.22. The van der Waals surface area contributed by atoms with Gasteiger partial charge in [-0.25, -0.2) is 17.1 Å². The number of aliphatic hydroxyl groups is 1. The minimum absolute atomic E-state index is 0.00593. The van der Waals surface area contributed by atoms with Crippen LogP contribution in [0, 0.1) is 5.82 Å². The van der Waals surface area contributed by atoms with Crippen molar-refractivity contribution in [2.75, 3.05) is 19.3 Å². The molecule has 0 aliphatic carbocycles. The number of halogens is 3. The molecule has 1 aromatic rings. The fourth-order valence-electron chi connectivity index (χ4n) is 1.44. The molecule has 0 aliphatic heterocycles. The summed E-state index contributed by atoms with van der Waals surface area (Å²) in [4.78, 5) is -0.587. The third-order valence-electron chi connectivity index (χ3n) is 2.71. The van der Waals surface area contributed by atoms with Gasteiger partial charge in [-0.05, 0) is 35.3 Å². The average molecular weight is 390 g/mol. The van der Waals surface area contributed by atoms with E-state index in [9.17, 15) is 17.9 Å². The highest BCUT2D eigenvalue weighted by Crippen LogP contribution is 2.35. The van der Waals surface area contributed by atoms with Crippen molar-refractivity contribution in [3.05, 3.63) is 21.4 Å². The summed E-state index contributed by atoms with van der Waals surface area (Å²) in [6.45, 7) is 1.59. The van der Waals surface area contributed by atoms with Crippen LogP contribution in [-0.2, 0) is 10.0 Å². The van der Waals surface area contributed by atoms with E-state index in [1.54, 1.807) is 0 Å². The first-order valence-corrected chi connectivity index (χ1v) is 8.27. The van der Waals surface area contributed by atoms with Crippen LogP contribution in [0.25, 0.3) is 0 Å². The van der Waals surface area contributed by atoms with Crippen LogP contribution in [0.4, 0.5) is 10.1 Å². The molecule has 0 bridgehead atoms. The number of hydrogen-bond donors (Lipinski definition) is 2. The summed E-state index contributed by atoms with van der Waals surface area (Å²) in [6.07, 6.45) is -0.423. The van der Waals surface area contributed by atoms with E-state index < -0.39 is 26.8 Å². The number of aliphatic hydroxyl groups excluding tert-OH is 1. The van der Waals surface area contributed by atoms with Gasteiger partial charge in [0.1, 0.15) is 4.90 Å². The Kier molecular flexibility index (Phi) is 5.79. The Hall–Kier alpha value is -0.410. The number of rotatable bonds is 5. The lowest BCUT2D eigenvalue weighted by atomic mass is 10.3. The summed E-state index contributed by atoms with van der Waals surface area (Å²) in [5, 5.41) is 9.18. The third-order valence-corrected chi connectivity index (χ3v) is 5.94. The minimum atomic E-state index is -4.07. The molecule has 0 fully saturated rings. The molecule has 0 saturated carbocycles. The van der Waals surface area contributed by atoms with Gasteiger partial charge in [-0.3, -0.25) is 0 Å². The Morgan fingerprint density at radius 3 is 2.65 bits per heavy atom. The molecule has 0 radical (unpaired) electrons. The Morgan fingerprint density at radius 1 is 1.60 bits per heavy atom. The van der Waals surface area contributed by atoms with E-state index in [4.69, 9.17) is 17.3 Å². The normalized spacial score (nSPS) is 13.8. The highest BCUT2D eigenvalue weighted by Gasteiger charge is 2.27. The number of nitrogen functional groups attached to an aromatic ring is 1. The maximum absolute atomic E-state index is 14.0. The standard InChI is InChI=1S/C11H15BrClFN2O3S/c1-6(17)3-4-16(2)20(18,19)8-5-7(13)9(12)11(15)10(8)14/h5-6,17H,3-4,15H2,1-2H3. The van der Waals surface area contributed by atoms with Crippen molar-refractivity contribution in [1.82, 2.24) is 4.31 Å². The van der Waals surface area contributed by atoms with Gasteiger partial charge in [-0.15, -0.1) is 0 Å². The molecule has 20 heavy (non-hydrogen) atoms. The van der Waals surface area contributed by atoms with Gasteiger partial charge in [-0.1, -0.05) is 11.6 Å². The quantitative estimate of drug-likeness (QED) is 0.597. The maximum Gasteiger partial charge on any atom is 0.245 e. The SMILES string of the molecule is CC(O)CCN(C)S(=O)(=O)c1cc(Cl)c(Br)c(N)c1F. The van der Waals surface area contributed by atoms with Gasteiger partial charge >= 0.3 is 0 Å². The van der Waals surface area contributed by atoms with E-state index in [-0.39, 0.29) is 28.1 Å². The second kappa shape index (κ2) is 6.57. The summed E-state index contributed by atoms with van der Waals surface area (Å²) in [5.74, 6) is -1.05. The molecule has 0 heterocycles. The second-order valence-corrected chi connectivity index (χ2v) is 7.58. The van der Waals surface area contributed by atoms with Gasteiger partial charge in [0, 0.05) is 13.6 Å². The zero-order chi connectivity index (χ0) is 15.7. The highest BCUT2D eigenvalue weighted by molar-refractivity contribution is 9.10. The zero-order valence-corrected chi connectivity index (χ0v) is 14.1. The van der Waals surface area contributed by atoms with Gasteiger partial charge in [0.15, 0.2) is 5.82 Å².